The lowest BCUT2D eigenvalue weighted by atomic mass is 10.0. The van der Waals surface area contributed by atoms with Gasteiger partial charge in [0.2, 0.25) is 0 Å². The maximum Gasteiger partial charge on any atom is 0.196 e. The minimum absolute atomic E-state index is 0. The maximum absolute atomic E-state index is 13.4. The fraction of sp³-hybridized carbons (Fsp3) is 0.400. The first-order chi connectivity index (χ1) is 15.1. The lowest BCUT2D eigenvalue weighted by molar-refractivity contribution is 0.104. The van der Waals surface area contributed by atoms with Gasteiger partial charge in [-0.25, -0.2) is 0 Å². The molecule has 0 radical (unpaired) electrons. The third kappa shape index (κ3) is 5.37. The highest BCUT2D eigenvalue weighted by atomic mass is 35.5. The van der Waals surface area contributed by atoms with Crippen LogP contribution in [0.25, 0.3) is 10.1 Å². The highest BCUT2D eigenvalue weighted by Gasteiger charge is 2.22. The van der Waals surface area contributed by atoms with Crippen LogP contribution in [0.4, 0.5) is 5.00 Å². The quantitative estimate of drug-likeness (QED) is 0.403. The van der Waals surface area contributed by atoms with Gasteiger partial charge < -0.3 is 14.4 Å². The van der Waals surface area contributed by atoms with Crippen LogP contribution >= 0.6 is 23.7 Å². The van der Waals surface area contributed by atoms with E-state index in [2.05, 4.69) is 4.90 Å². The third-order valence-electron chi connectivity index (χ3n) is 5.75. The molecule has 0 aliphatic carbocycles. The maximum atomic E-state index is 13.4. The van der Waals surface area contributed by atoms with Gasteiger partial charge in [-0.1, -0.05) is 6.42 Å². The predicted octanol–water partition coefficient (Wildman–Crippen LogP) is 5.49. The Morgan fingerprint density at radius 1 is 1.03 bits per heavy atom. The van der Waals surface area contributed by atoms with Gasteiger partial charge in [-0.2, -0.15) is 0 Å². The van der Waals surface area contributed by atoms with E-state index in [1.807, 2.05) is 61.5 Å². The fourth-order valence-electron chi connectivity index (χ4n) is 4.05. The number of ether oxygens (including phenoxy) is 2. The Morgan fingerprint density at radius 2 is 1.72 bits per heavy atom. The summed E-state index contributed by atoms with van der Waals surface area (Å²) in [6.45, 7) is 3.98. The molecule has 7 heteroatoms. The number of carbonyl (C=O) groups excluding carboxylic acids is 1. The van der Waals surface area contributed by atoms with Gasteiger partial charge in [0.05, 0.1) is 12.7 Å². The van der Waals surface area contributed by atoms with Gasteiger partial charge in [0.1, 0.15) is 23.1 Å². The summed E-state index contributed by atoms with van der Waals surface area (Å²) in [5.41, 5.74) is 1.41. The molecule has 0 N–H and O–H groups in total. The molecule has 1 aromatic heterocycles. The van der Waals surface area contributed by atoms with Crippen molar-refractivity contribution in [1.82, 2.24) is 4.90 Å². The molecule has 5 nitrogen and oxygen atoms in total. The number of hydrogen-bond acceptors (Lipinski definition) is 6. The number of nitrogens with zero attached hydrogens (tertiary/aromatic N) is 2. The van der Waals surface area contributed by atoms with Crippen LogP contribution in [0.5, 0.6) is 11.5 Å². The molecule has 1 saturated heterocycles. The van der Waals surface area contributed by atoms with Gasteiger partial charge >= 0.3 is 0 Å². The minimum atomic E-state index is 0. The summed E-state index contributed by atoms with van der Waals surface area (Å²) in [5, 5.41) is 1.91. The Hall–Kier alpha value is -2.28. The molecule has 1 aliphatic rings. The molecule has 0 saturated carbocycles. The van der Waals surface area contributed by atoms with Crippen molar-refractivity contribution < 1.29 is 14.3 Å². The van der Waals surface area contributed by atoms with Crippen LogP contribution in [-0.2, 0) is 0 Å². The van der Waals surface area contributed by atoms with Crippen molar-refractivity contribution in [3.8, 4) is 11.5 Å². The SMILES string of the molecule is COc1ccc2c(C(=O)c3ccc(OCCN4CCCCC4)cc3)c(N(C)C)sc2c1.Cl. The van der Waals surface area contributed by atoms with Crippen LogP contribution < -0.4 is 14.4 Å². The number of carbonyl (C=O) groups is 1. The summed E-state index contributed by atoms with van der Waals surface area (Å²) in [4.78, 5) is 17.9. The summed E-state index contributed by atoms with van der Waals surface area (Å²) >= 11 is 1.61. The highest BCUT2D eigenvalue weighted by molar-refractivity contribution is 7.23. The first kappa shape index (κ1) is 24.4. The minimum Gasteiger partial charge on any atom is -0.497 e. The van der Waals surface area contributed by atoms with Crippen LogP contribution in [0.1, 0.15) is 35.2 Å². The molecule has 4 rings (SSSR count). The normalized spacial score (nSPS) is 14.1. The van der Waals surface area contributed by atoms with E-state index in [4.69, 9.17) is 9.47 Å². The monoisotopic (exact) mass is 474 g/mol. The summed E-state index contributed by atoms with van der Waals surface area (Å²) in [6.07, 6.45) is 3.92. The number of thiophene rings is 1. The molecule has 3 aromatic rings. The Balaban J connectivity index is 0.00000289. The lowest BCUT2D eigenvalue weighted by Gasteiger charge is -2.26. The number of anilines is 1. The van der Waals surface area contributed by atoms with Gasteiger partial charge in [-0.15, -0.1) is 23.7 Å². The average Bonchev–Trinajstić information content (AvgIpc) is 3.19. The Bertz CT molecular complexity index is 1040. The first-order valence-corrected chi connectivity index (χ1v) is 11.7. The second kappa shape index (κ2) is 11.0. The molecule has 1 fully saturated rings. The van der Waals surface area contributed by atoms with E-state index in [-0.39, 0.29) is 18.2 Å². The molecule has 0 amide bonds. The predicted molar refractivity (Wildman–Crippen MR) is 136 cm³/mol. The first-order valence-electron chi connectivity index (χ1n) is 10.8. The third-order valence-corrected chi connectivity index (χ3v) is 7.07. The van der Waals surface area contributed by atoms with Crippen molar-refractivity contribution in [2.75, 3.05) is 52.3 Å². The molecule has 2 heterocycles. The topological polar surface area (TPSA) is 42.0 Å². The van der Waals surface area contributed by atoms with Crippen molar-refractivity contribution in [3.05, 3.63) is 53.6 Å². The smallest absolute Gasteiger partial charge is 0.196 e. The van der Waals surface area contributed by atoms with Gasteiger partial charge in [0.15, 0.2) is 5.78 Å². The van der Waals surface area contributed by atoms with Crippen LogP contribution in [0.2, 0.25) is 0 Å². The molecular formula is C25H31ClN2O3S. The zero-order valence-corrected chi connectivity index (χ0v) is 20.6. The summed E-state index contributed by atoms with van der Waals surface area (Å²) < 4.78 is 12.3. The molecule has 0 atom stereocenters. The molecule has 0 bridgehead atoms. The van der Waals surface area contributed by atoms with E-state index in [1.165, 1.54) is 32.4 Å². The Labute approximate surface area is 200 Å². The van der Waals surface area contributed by atoms with Crippen LogP contribution in [0, 0.1) is 0 Å². The van der Waals surface area contributed by atoms with Crippen molar-refractivity contribution in [2.45, 2.75) is 19.3 Å². The lowest BCUT2D eigenvalue weighted by Crippen LogP contribution is -2.33. The van der Waals surface area contributed by atoms with E-state index in [0.717, 1.165) is 38.7 Å². The molecule has 0 spiro atoms. The largest absolute Gasteiger partial charge is 0.497 e. The fourth-order valence-corrected chi connectivity index (χ4v) is 5.20. The van der Waals surface area contributed by atoms with Crippen LogP contribution in [0.3, 0.4) is 0 Å². The van der Waals surface area contributed by atoms with Crippen LogP contribution in [-0.4, -0.2) is 58.1 Å². The summed E-state index contributed by atoms with van der Waals surface area (Å²) in [6, 6.07) is 13.4. The molecule has 1 aliphatic heterocycles. The van der Waals surface area contributed by atoms with E-state index in [9.17, 15) is 4.79 Å². The van der Waals surface area contributed by atoms with E-state index in [0.29, 0.717) is 12.2 Å². The number of methoxy groups -OCH3 is 1. The number of hydrogen-bond donors (Lipinski definition) is 0. The van der Waals surface area contributed by atoms with E-state index in [1.54, 1.807) is 18.4 Å². The van der Waals surface area contributed by atoms with E-state index < -0.39 is 0 Å². The Morgan fingerprint density at radius 3 is 2.38 bits per heavy atom. The van der Waals surface area contributed by atoms with Gasteiger partial charge in [-0.05, 0) is 68.4 Å². The number of rotatable bonds is 8. The molecule has 2 aromatic carbocycles. The van der Waals surface area contributed by atoms with E-state index >= 15 is 0 Å². The van der Waals surface area contributed by atoms with Gasteiger partial charge in [0.25, 0.3) is 0 Å². The second-order valence-corrected chi connectivity index (χ2v) is 9.17. The molecule has 172 valence electrons. The Kier molecular flexibility index (Phi) is 8.40. The zero-order valence-electron chi connectivity index (χ0n) is 18.9. The van der Waals surface area contributed by atoms with Crippen molar-refractivity contribution in [1.29, 1.82) is 0 Å². The summed E-state index contributed by atoms with van der Waals surface area (Å²) in [7, 11) is 5.60. The zero-order chi connectivity index (χ0) is 21.8. The average molecular weight is 475 g/mol. The number of piperidine rings is 1. The number of likely N-dealkylation sites (tertiary alicyclic amines) is 1. The van der Waals surface area contributed by atoms with Gasteiger partial charge in [-0.3, -0.25) is 9.69 Å². The highest BCUT2D eigenvalue weighted by Crippen LogP contribution is 2.40. The van der Waals surface area contributed by atoms with Crippen molar-refractivity contribution >= 4 is 44.6 Å². The molecular weight excluding hydrogens is 444 g/mol. The second-order valence-electron chi connectivity index (χ2n) is 8.14. The number of ketones is 1. The van der Waals surface area contributed by atoms with Crippen molar-refractivity contribution in [3.63, 3.8) is 0 Å². The van der Waals surface area contributed by atoms with Gasteiger partial charge in [0, 0.05) is 36.3 Å². The standard InChI is InChI=1S/C25H30N2O3S.ClH/c1-26(2)25-23(21-12-11-20(29-3)17-22(21)31-25)24(28)18-7-9-19(10-8-18)30-16-15-27-13-5-4-6-14-27;/h7-12,17H,4-6,13-16H2,1-3H3;1H. The molecule has 0 unspecified atom stereocenters. The number of halogens is 1. The molecule has 32 heavy (non-hydrogen) atoms. The number of benzene rings is 2. The van der Waals surface area contributed by atoms with Crippen LogP contribution in [0.15, 0.2) is 42.5 Å². The van der Waals surface area contributed by atoms with Crippen molar-refractivity contribution in [2.24, 2.45) is 0 Å². The summed E-state index contributed by atoms with van der Waals surface area (Å²) in [5.74, 6) is 1.63. The number of fused-ring (bicyclic) bond motifs is 1.